The van der Waals surface area contributed by atoms with E-state index < -0.39 is 13.9 Å². The van der Waals surface area contributed by atoms with Gasteiger partial charge < -0.3 is 14.6 Å². The zero-order valence-electron chi connectivity index (χ0n) is 27.6. The minimum Gasteiger partial charge on any atom is -0.404 e. The second kappa shape index (κ2) is 11.8. The molecule has 3 aliphatic carbocycles. The van der Waals surface area contributed by atoms with Gasteiger partial charge in [0.15, 0.2) is 0 Å². The fraction of sp³-hybridized carbons (Fsp3) is 0.605. The quantitative estimate of drug-likeness (QED) is 0.265. The summed E-state index contributed by atoms with van der Waals surface area (Å²) in [4.78, 5) is 4.60. The van der Waals surface area contributed by atoms with Gasteiger partial charge in [-0.05, 0) is 89.4 Å². The molecule has 4 nitrogen and oxygen atoms in total. The maximum Gasteiger partial charge on any atom is 0.261 e. The molecule has 0 bridgehead atoms. The van der Waals surface area contributed by atoms with Crippen molar-refractivity contribution < 1.29 is 14.6 Å². The lowest BCUT2D eigenvalue weighted by Crippen LogP contribution is -2.68. The van der Waals surface area contributed by atoms with Crippen molar-refractivity contribution in [3.05, 3.63) is 77.2 Å². The Labute approximate surface area is 270 Å². The molecule has 2 aromatic carbocycles. The van der Waals surface area contributed by atoms with Gasteiger partial charge in [-0.15, -0.1) is 11.3 Å². The average molecular weight is 632 g/mol. The van der Waals surface area contributed by atoms with Crippen molar-refractivity contribution in [1.29, 1.82) is 0 Å². The normalized spacial score (nSPS) is 36.2. The van der Waals surface area contributed by atoms with Gasteiger partial charge in [-0.25, -0.2) is 4.98 Å². The highest BCUT2D eigenvalue weighted by molar-refractivity contribution is 7.09. The largest absolute Gasteiger partial charge is 0.404 e. The number of fused-ring (bicyclic) bond motifs is 1. The van der Waals surface area contributed by atoms with Crippen LogP contribution in [0.4, 0.5) is 0 Å². The van der Waals surface area contributed by atoms with Crippen LogP contribution in [0.25, 0.3) is 0 Å². The van der Waals surface area contributed by atoms with Gasteiger partial charge in [-0.2, -0.15) is 0 Å². The Balaban J connectivity index is 1.27. The number of hydrogen-bond acceptors (Lipinski definition) is 5. The summed E-state index contributed by atoms with van der Waals surface area (Å²) in [6.45, 7) is 14.5. The van der Waals surface area contributed by atoms with Crippen LogP contribution < -0.4 is 10.4 Å². The Morgan fingerprint density at radius 3 is 2.07 bits per heavy atom. The molecule has 1 aromatic heterocycles. The van der Waals surface area contributed by atoms with Crippen LogP contribution in [0.2, 0.25) is 5.04 Å². The van der Waals surface area contributed by atoms with Gasteiger partial charge >= 0.3 is 0 Å². The molecule has 0 unspecified atom stereocenters. The van der Waals surface area contributed by atoms with Crippen LogP contribution >= 0.6 is 11.3 Å². The predicted octanol–water partition coefficient (Wildman–Crippen LogP) is 7.54. The van der Waals surface area contributed by atoms with E-state index in [2.05, 4.69) is 107 Å². The van der Waals surface area contributed by atoms with Crippen molar-refractivity contribution in [2.45, 2.75) is 103 Å². The fourth-order valence-electron chi connectivity index (χ4n) is 10.4. The van der Waals surface area contributed by atoms with E-state index in [0.717, 1.165) is 50.0 Å². The average Bonchev–Trinajstić information content (AvgIpc) is 3.65. The molecule has 6 heteroatoms. The number of benzene rings is 2. The summed E-state index contributed by atoms with van der Waals surface area (Å²) in [7, 11) is -2.66. The third-order valence-electron chi connectivity index (χ3n) is 12.9. The summed E-state index contributed by atoms with van der Waals surface area (Å²) in [6, 6.07) is 21.9. The van der Waals surface area contributed by atoms with Crippen molar-refractivity contribution in [1.82, 2.24) is 4.98 Å². The Morgan fingerprint density at radius 1 is 0.909 bits per heavy atom. The zero-order valence-corrected chi connectivity index (χ0v) is 29.4. The third-order valence-corrected chi connectivity index (χ3v) is 18.9. The summed E-state index contributed by atoms with van der Waals surface area (Å²) < 4.78 is 7.60. The maximum atomic E-state index is 12.1. The number of rotatable bonds is 7. The zero-order chi connectivity index (χ0) is 31.4. The molecular formula is C38H53NO3SSi. The minimum atomic E-state index is -2.66. The summed E-state index contributed by atoms with van der Waals surface area (Å²) >= 11 is 1.60. The molecule has 1 heterocycles. The van der Waals surface area contributed by atoms with Crippen LogP contribution in [0.15, 0.2) is 72.2 Å². The Kier molecular flexibility index (Phi) is 8.58. The minimum absolute atomic E-state index is 0.0443. The SMILES string of the molecule is C[C@@H]1[C@@H]([C@@]2(C)CC[C@H](O[Si](c3ccccc3)(c3ccccc3)C(C)(C)C)C[C@@H]2CO)CC[C@@]2(C)[C@H]1CC[C@@]2(O)c1nccs1. The molecule has 0 aliphatic heterocycles. The second-order valence-corrected chi connectivity index (χ2v) is 21.0. The van der Waals surface area contributed by atoms with Crippen LogP contribution in [0, 0.1) is 34.5 Å². The van der Waals surface area contributed by atoms with Crippen LogP contribution in [-0.2, 0) is 10.0 Å². The number of aromatic nitrogens is 1. The van der Waals surface area contributed by atoms with E-state index in [4.69, 9.17) is 4.43 Å². The molecule has 0 amide bonds. The van der Waals surface area contributed by atoms with Gasteiger partial charge in [-0.1, -0.05) is 102 Å². The van der Waals surface area contributed by atoms with E-state index in [1.165, 1.54) is 10.4 Å². The first kappa shape index (κ1) is 32.1. The second-order valence-electron chi connectivity index (χ2n) is 15.8. The van der Waals surface area contributed by atoms with E-state index in [1.54, 1.807) is 11.3 Å². The Hall–Kier alpha value is -1.83. The number of thiazole rings is 1. The lowest BCUT2D eigenvalue weighted by atomic mass is 9.49. The van der Waals surface area contributed by atoms with E-state index in [-0.39, 0.29) is 34.5 Å². The van der Waals surface area contributed by atoms with Gasteiger partial charge in [0.2, 0.25) is 0 Å². The van der Waals surface area contributed by atoms with Crippen molar-refractivity contribution in [3.63, 3.8) is 0 Å². The lowest BCUT2D eigenvalue weighted by molar-refractivity contribution is -0.142. The van der Waals surface area contributed by atoms with Gasteiger partial charge in [0.05, 0.1) is 0 Å². The molecule has 44 heavy (non-hydrogen) atoms. The van der Waals surface area contributed by atoms with Crippen LogP contribution in [0.5, 0.6) is 0 Å². The molecule has 3 aliphatic rings. The first-order valence-electron chi connectivity index (χ1n) is 16.9. The van der Waals surface area contributed by atoms with E-state index >= 15 is 0 Å². The molecule has 0 spiro atoms. The van der Waals surface area contributed by atoms with E-state index in [1.807, 2.05) is 11.6 Å². The first-order chi connectivity index (χ1) is 20.9. The van der Waals surface area contributed by atoms with E-state index in [9.17, 15) is 10.2 Å². The van der Waals surface area contributed by atoms with Crippen LogP contribution in [-0.4, -0.2) is 36.2 Å². The van der Waals surface area contributed by atoms with Crippen molar-refractivity contribution in [2.24, 2.45) is 34.5 Å². The highest BCUT2D eigenvalue weighted by Gasteiger charge is 2.64. The number of hydrogen-bond donors (Lipinski definition) is 2. The topological polar surface area (TPSA) is 62.6 Å². The highest BCUT2D eigenvalue weighted by Crippen LogP contribution is 2.67. The maximum absolute atomic E-state index is 12.1. The lowest BCUT2D eigenvalue weighted by Gasteiger charge is -2.58. The Bertz CT molecular complexity index is 1350. The number of aliphatic hydroxyl groups excluding tert-OH is 1. The standard InChI is InChI=1S/C38H53NO3SSi/c1-27-32(18-21-37(6)33(27)19-22-38(37,41)34-39-23-24-43-34)36(5)20-17-29(25-28(36)26-40)42-44(35(2,3)4,30-13-9-7-10-14-30)31-15-11-8-12-16-31/h7-16,23-24,27-29,32-33,40-41H,17-22,25-26H2,1-6H3/t27-,28-,29+,32+,33+,36+,37+,38-/m1/s1. The van der Waals surface area contributed by atoms with Gasteiger partial charge in [-0.3, -0.25) is 0 Å². The molecule has 0 saturated heterocycles. The molecule has 0 radical (unpaired) electrons. The summed E-state index contributed by atoms with van der Waals surface area (Å²) in [6.07, 6.45) is 8.87. The monoisotopic (exact) mass is 631 g/mol. The molecule has 3 aromatic rings. The van der Waals surface area contributed by atoms with Crippen molar-refractivity contribution in [2.75, 3.05) is 6.61 Å². The smallest absolute Gasteiger partial charge is 0.261 e. The molecule has 2 N–H and O–H groups in total. The summed E-state index contributed by atoms with van der Waals surface area (Å²) in [5, 5.41) is 28.6. The number of aliphatic hydroxyl groups is 2. The summed E-state index contributed by atoms with van der Waals surface area (Å²) in [5.41, 5.74) is -0.943. The van der Waals surface area contributed by atoms with Crippen molar-refractivity contribution >= 4 is 30.0 Å². The van der Waals surface area contributed by atoms with Crippen LogP contribution in [0.3, 0.4) is 0 Å². The van der Waals surface area contributed by atoms with Gasteiger partial charge in [0, 0.05) is 29.7 Å². The summed E-state index contributed by atoms with van der Waals surface area (Å²) in [5.74, 6) is 1.65. The molecule has 238 valence electrons. The predicted molar refractivity (Wildman–Crippen MR) is 184 cm³/mol. The molecular weight excluding hydrogens is 579 g/mol. The van der Waals surface area contributed by atoms with Crippen molar-refractivity contribution in [3.8, 4) is 0 Å². The molecule has 6 rings (SSSR count). The van der Waals surface area contributed by atoms with Gasteiger partial charge in [0.1, 0.15) is 10.6 Å². The molecule has 3 saturated carbocycles. The van der Waals surface area contributed by atoms with Crippen LogP contribution in [0.1, 0.15) is 91.5 Å². The first-order valence-corrected chi connectivity index (χ1v) is 19.7. The third kappa shape index (κ3) is 4.90. The Morgan fingerprint density at radius 2 is 1.52 bits per heavy atom. The number of nitrogens with zero attached hydrogens (tertiary/aromatic N) is 1. The van der Waals surface area contributed by atoms with Gasteiger partial charge in [0.25, 0.3) is 8.32 Å². The molecule has 8 atom stereocenters. The van der Waals surface area contributed by atoms with E-state index in [0.29, 0.717) is 17.8 Å². The fourth-order valence-corrected chi connectivity index (χ4v) is 16.0. The molecule has 3 fully saturated rings. The highest BCUT2D eigenvalue weighted by atomic mass is 32.1.